The lowest BCUT2D eigenvalue weighted by Gasteiger charge is -2.17. The van der Waals surface area contributed by atoms with Gasteiger partial charge in [-0.25, -0.2) is 4.98 Å². The third kappa shape index (κ3) is 1.46. The van der Waals surface area contributed by atoms with Crippen molar-refractivity contribution in [2.24, 2.45) is 5.73 Å². The number of anilines is 1. The Bertz CT molecular complexity index is 350. The van der Waals surface area contributed by atoms with Crippen molar-refractivity contribution in [3.05, 3.63) is 23.4 Å². The number of nitrogens with one attached hydrogen (secondary N) is 2. The molecule has 2 heterocycles. The minimum Gasteiger partial charge on any atom is -0.366 e. The molecule has 2 rings (SSSR count). The molecule has 1 aromatic rings. The highest BCUT2D eigenvalue weighted by atomic mass is 16.1. The topological polar surface area (TPSA) is 80.0 Å². The van der Waals surface area contributed by atoms with E-state index in [-0.39, 0.29) is 0 Å². The Labute approximate surface area is 75.3 Å². The van der Waals surface area contributed by atoms with Gasteiger partial charge in [0, 0.05) is 18.3 Å². The van der Waals surface area contributed by atoms with Crippen LogP contribution in [-0.2, 0) is 6.54 Å². The van der Waals surface area contributed by atoms with Crippen LogP contribution in [0.1, 0.15) is 15.9 Å². The predicted molar refractivity (Wildman–Crippen MR) is 48.1 cm³/mol. The molecule has 5 nitrogen and oxygen atoms in total. The van der Waals surface area contributed by atoms with E-state index < -0.39 is 5.91 Å². The van der Waals surface area contributed by atoms with Gasteiger partial charge < -0.3 is 11.1 Å². The summed E-state index contributed by atoms with van der Waals surface area (Å²) < 4.78 is 0. The number of hydrogen-bond acceptors (Lipinski definition) is 4. The summed E-state index contributed by atoms with van der Waals surface area (Å²) in [4.78, 5) is 14.9. The molecule has 13 heavy (non-hydrogen) atoms. The number of carbonyl (C=O) groups is 1. The van der Waals surface area contributed by atoms with Crippen LogP contribution < -0.4 is 16.4 Å². The number of carbonyl (C=O) groups excluding carboxylic acids is 1. The average Bonchev–Trinajstić information content (AvgIpc) is 2.17. The van der Waals surface area contributed by atoms with Gasteiger partial charge in [-0.1, -0.05) is 0 Å². The number of pyridine rings is 1. The van der Waals surface area contributed by atoms with Gasteiger partial charge in [-0.3, -0.25) is 10.1 Å². The van der Waals surface area contributed by atoms with Crippen LogP contribution in [0.4, 0.5) is 5.82 Å². The molecule has 0 bridgehead atoms. The van der Waals surface area contributed by atoms with Crippen molar-refractivity contribution in [2.75, 3.05) is 12.0 Å². The Morgan fingerprint density at radius 2 is 2.46 bits per heavy atom. The first-order valence-electron chi connectivity index (χ1n) is 4.00. The molecule has 1 amide bonds. The molecule has 0 aliphatic carbocycles. The van der Waals surface area contributed by atoms with Gasteiger partial charge in [-0.15, -0.1) is 0 Å². The highest BCUT2D eigenvalue weighted by molar-refractivity contribution is 5.92. The monoisotopic (exact) mass is 178 g/mol. The van der Waals surface area contributed by atoms with E-state index in [0.29, 0.717) is 12.2 Å². The molecular weight excluding hydrogens is 168 g/mol. The van der Waals surface area contributed by atoms with Crippen LogP contribution in [-0.4, -0.2) is 17.6 Å². The molecule has 0 saturated heterocycles. The lowest BCUT2D eigenvalue weighted by atomic mass is 10.1. The summed E-state index contributed by atoms with van der Waals surface area (Å²) in [7, 11) is 0. The van der Waals surface area contributed by atoms with E-state index in [4.69, 9.17) is 5.73 Å². The minimum atomic E-state index is -0.444. The fourth-order valence-corrected chi connectivity index (χ4v) is 1.28. The zero-order valence-electron chi connectivity index (χ0n) is 7.00. The Balaban J connectivity index is 2.40. The van der Waals surface area contributed by atoms with E-state index in [2.05, 4.69) is 15.6 Å². The molecule has 0 spiro atoms. The zero-order chi connectivity index (χ0) is 9.26. The number of fused-ring (bicyclic) bond motifs is 1. The Kier molecular flexibility index (Phi) is 1.86. The van der Waals surface area contributed by atoms with Crippen LogP contribution >= 0.6 is 0 Å². The molecule has 0 fully saturated rings. The van der Waals surface area contributed by atoms with Gasteiger partial charge in [-0.05, 0) is 6.07 Å². The van der Waals surface area contributed by atoms with Crippen molar-refractivity contribution < 1.29 is 4.79 Å². The molecule has 1 aromatic heterocycles. The number of amides is 1. The van der Waals surface area contributed by atoms with Crippen LogP contribution in [0.3, 0.4) is 0 Å². The molecular formula is C8H10N4O. The van der Waals surface area contributed by atoms with Gasteiger partial charge in [0.25, 0.3) is 0 Å². The van der Waals surface area contributed by atoms with E-state index in [0.717, 1.165) is 17.9 Å². The Morgan fingerprint density at radius 1 is 1.62 bits per heavy atom. The molecule has 4 N–H and O–H groups in total. The summed E-state index contributed by atoms with van der Waals surface area (Å²) in [6.45, 7) is 1.42. The smallest absolute Gasteiger partial charge is 0.250 e. The van der Waals surface area contributed by atoms with Gasteiger partial charge in [0.2, 0.25) is 5.91 Å². The molecule has 0 unspecified atom stereocenters. The number of nitrogens with two attached hydrogens (primary N) is 1. The second-order valence-electron chi connectivity index (χ2n) is 2.88. The third-order valence-corrected chi connectivity index (χ3v) is 1.95. The second-order valence-corrected chi connectivity index (χ2v) is 2.88. The first-order valence-corrected chi connectivity index (χ1v) is 4.00. The Hall–Kier alpha value is -1.62. The van der Waals surface area contributed by atoms with Gasteiger partial charge >= 0.3 is 0 Å². The van der Waals surface area contributed by atoms with Crippen LogP contribution in [0.25, 0.3) is 0 Å². The quantitative estimate of drug-likeness (QED) is 0.549. The number of aromatic nitrogens is 1. The molecule has 0 atom stereocenters. The maximum atomic E-state index is 10.8. The van der Waals surface area contributed by atoms with E-state index in [1.807, 2.05) is 0 Å². The maximum absolute atomic E-state index is 10.8. The fourth-order valence-electron chi connectivity index (χ4n) is 1.28. The van der Waals surface area contributed by atoms with E-state index in [1.165, 1.54) is 6.20 Å². The number of primary amides is 1. The van der Waals surface area contributed by atoms with E-state index in [1.54, 1.807) is 6.07 Å². The number of nitrogens with zero attached hydrogens (tertiary/aromatic N) is 1. The molecule has 0 saturated carbocycles. The molecule has 1 aliphatic heterocycles. The van der Waals surface area contributed by atoms with Gasteiger partial charge in [0.15, 0.2) is 0 Å². The summed E-state index contributed by atoms with van der Waals surface area (Å²) in [5.41, 5.74) is 6.55. The zero-order valence-corrected chi connectivity index (χ0v) is 7.00. The number of rotatable bonds is 1. The number of hydrogen-bond donors (Lipinski definition) is 3. The van der Waals surface area contributed by atoms with Gasteiger partial charge in [0.05, 0.1) is 12.2 Å². The van der Waals surface area contributed by atoms with Crippen LogP contribution in [0.2, 0.25) is 0 Å². The van der Waals surface area contributed by atoms with Gasteiger partial charge in [0.1, 0.15) is 5.82 Å². The average molecular weight is 178 g/mol. The summed E-state index contributed by atoms with van der Waals surface area (Å²) in [6.07, 6.45) is 1.49. The minimum absolute atomic E-state index is 0.444. The fraction of sp³-hybridized carbons (Fsp3) is 0.250. The second kappa shape index (κ2) is 3.02. The van der Waals surface area contributed by atoms with Crippen LogP contribution in [0.5, 0.6) is 0 Å². The summed E-state index contributed by atoms with van der Waals surface area (Å²) in [5.74, 6) is 0.379. The van der Waals surface area contributed by atoms with Crippen molar-refractivity contribution in [1.82, 2.24) is 10.3 Å². The highest BCUT2D eigenvalue weighted by Gasteiger charge is 2.11. The molecule has 5 heteroatoms. The summed E-state index contributed by atoms with van der Waals surface area (Å²) >= 11 is 0. The predicted octanol–water partition coefficient (Wildman–Crippen LogP) is -0.347. The largest absolute Gasteiger partial charge is 0.366 e. The van der Waals surface area contributed by atoms with Crippen molar-refractivity contribution in [1.29, 1.82) is 0 Å². The van der Waals surface area contributed by atoms with E-state index in [9.17, 15) is 4.79 Å². The van der Waals surface area contributed by atoms with Crippen LogP contribution in [0, 0.1) is 0 Å². The highest BCUT2D eigenvalue weighted by Crippen LogP contribution is 2.15. The molecule has 0 aromatic carbocycles. The van der Waals surface area contributed by atoms with E-state index >= 15 is 0 Å². The molecule has 0 radical (unpaired) electrons. The lowest BCUT2D eigenvalue weighted by molar-refractivity contribution is 0.1000. The van der Waals surface area contributed by atoms with Crippen LogP contribution in [0.15, 0.2) is 12.3 Å². The maximum Gasteiger partial charge on any atom is 0.250 e. The first-order chi connectivity index (χ1) is 6.27. The summed E-state index contributed by atoms with van der Waals surface area (Å²) in [5, 5.41) is 6.16. The normalized spacial score (nSPS) is 14.5. The molecule has 1 aliphatic rings. The Morgan fingerprint density at radius 3 is 3.23 bits per heavy atom. The first kappa shape index (κ1) is 8.00. The summed E-state index contributed by atoms with van der Waals surface area (Å²) in [6, 6.07) is 1.75. The molecule has 68 valence electrons. The van der Waals surface area contributed by atoms with Gasteiger partial charge in [-0.2, -0.15) is 0 Å². The van der Waals surface area contributed by atoms with Crippen molar-refractivity contribution in [2.45, 2.75) is 6.54 Å². The lowest BCUT2D eigenvalue weighted by Crippen LogP contribution is -2.28. The van der Waals surface area contributed by atoms with Crippen molar-refractivity contribution in [3.63, 3.8) is 0 Å². The SMILES string of the molecule is NC(=O)c1cnc2c(c1)CNCN2. The van der Waals surface area contributed by atoms with Crippen molar-refractivity contribution in [3.8, 4) is 0 Å². The van der Waals surface area contributed by atoms with Crippen molar-refractivity contribution >= 4 is 11.7 Å². The standard InChI is InChI=1S/C8H10N4O/c9-7(13)5-1-6-2-10-4-12-8(6)11-3-5/h1,3,10H,2,4H2,(H2,9,13)(H,11,12). The third-order valence-electron chi connectivity index (χ3n) is 1.95.